The van der Waals surface area contributed by atoms with Gasteiger partial charge in [0.05, 0.1) is 22.2 Å². The minimum atomic E-state index is -4.22. The Balaban J connectivity index is 2.06. The molecule has 2 amide bonds. The van der Waals surface area contributed by atoms with Gasteiger partial charge in [0.25, 0.3) is 10.0 Å². The van der Waals surface area contributed by atoms with Gasteiger partial charge >= 0.3 is 0 Å². The summed E-state index contributed by atoms with van der Waals surface area (Å²) < 4.78 is 34.8. The third-order valence-electron chi connectivity index (χ3n) is 6.78. The van der Waals surface area contributed by atoms with Gasteiger partial charge in [0.15, 0.2) is 0 Å². The number of amides is 2. The van der Waals surface area contributed by atoms with Crippen molar-refractivity contribution in [1.82, 2.24) is 10.2 Å². The number of carbonyl (C=O) groups excluding carboxylic acids is 2. The molecule has 2 atom stereocenters. The van der Waals surface area contributed by atoms with E-state index < -0.39 is 28.5 Å². The molecule has 41 heavy (non-hydrogen) atoms. The van der Waals surface area contributed by atoms with Gasteiger partial charge in [0, 0.05) is 17.6 Å². The van der Waals surface area contributed by atoms with Crippen molar-refractivity contribution in [2.75, 3.05) is 18.0 Å². The largest absolute Gasteiger partial charge is 0.496 e. The molecule has 3 aromatic rings. The van der Waals surface area contributed by atoms with Gasteiger partial charge in [-0.3, -0.25) is 13.9 Å². The van der Waals surface area contributed by atoms with Crippen LogP contribution in [0.5, 0.6) is 5.75 Å². The molecule has 0 saturated carbocycles. The number of ether oxygens (including phenoxy) is 1. The second kappa shape index (κ2) is 14.2. The molecule has 0 aliphatic carbocycles. The summed E-state index contributed by atoms with van der Waals surface area (Å²) in [6, 6.07) is 17.3. The van der Waals surface area contributed by atoms with Gasteiger partial charge in [0.1, 0.15) is 18.3 Å². The highest BCUT2D eigenvalue weighted by Crippen LogP contribution is 2.31. The van der Waals surface area contributed by atoms with Gasteiger partial charge in [-0.1, -0.05) is 54.4 Å². The Morgan fingerprint density at radius 2 is 1.71 bits per heavy atom. The van der Waals surface area contributed by atoms with Crippen molar-refractivity contribution in [1.29, 1.82) is 0 Å². The first-order valence-corrected chi connectivity index (χ1v) is 15.8. The minimum absolute atomic E-state index is 0.0173. The third kappa shape index (κ3) is 8.02. The zero-order valence-electron chi connectivity index (χ0n) is 23.7. The van der Waals surface area contributed by atoms with Crippen molar-refractivity contribution < 1.29 is 22.7 Å². The maximum absolute atomic E-state index is 14.0. The fourth-order valence-electron chi connectivity index (χ4n) is 4.03. The lowest BCUT2D eigenvalue weighted by atomic mass is 10.1. The van der Waals surface area contributed by atoms with Crippen LogP contribution in [0.2, 0.25) is 5.02 Å². The molecule has 0 fully saturated rings. The second-order valence-corrected chi connectivity index (χ2v) is 12.9. The number of halogens is 2. The van der Waals surface area contributed by atoms with E-state index in [2.05, 4.69) is 21.2 Å². The molecule has 8 nitrogen and oxygen atoms in total. The van der Waals surface area contributed by atoms with Crippen LogP contribution in [0, 0.1) is 6.92 Å². The quantitative estimate of drug-likeness (QED) is 0.258. The lowest BCUT2D eigenvalue weighted by Gasteiger charge is -2.32. The summed E-state index contributed by atoms with van der Waals surface area (Å²) in [7, 11) is -2.74. The van der Waals surface area contributed by atoms with Gasteiger partial charge in [-0.25, -0.2) is 8.42 Å². The predicted octanol–water partition coefficient (Wildman–Crippen LogP) is 5.95. The van der Waals surface area contributed by atoms with E-state index in [4.69, 9.17) is 16.3 Å². The highest BCUT2D eigenvalue weighted by Gasteiger charge is 2.33. The number of hydrogen-bond acceptors (Lipinski definition) is 5. The first-order valence-electron chi connectivity index (χ1n) is 13.1. The van der Waals surface area contributed by atoms with E-state index in [1.807, 2.05) is 20.8 Å². The molecule has 0 spiro atoms. The van der Waals surface area contributed by atoms with Crippen molar-refractivity contribution in [3.8, 4) is 5.75 Å². The summed E-state index contributed by atoms with van der Waals surface area (Å²) in [5, 5.41) is 3.35. The molecular weight excluding hydrogens is 630 g/mol. The Labute approximate surface area is 255 Å². The zero-order valence-corrected chi connectivity index (χ0v) is 26.9. The number of hydrogen-bond donors (Lipinski definition) is 1. The fraction of sp³-hybridized carbons (Fsp3) is 0.333. The monoisotopic (exact) mass is 663 g/mol. The lowest BCUT2D eigenvalue weighted by molar-refractivity contribution is -0.139. The Hall–Kier alpha value is -3.08. The molecular formula is C30H35BrClN3O5S. The van der Waals surface area contributed by atoms with Crippen LogP contribution in [-0.4, -0.2) is 50.9 Å². The second-order valence-electron chi connectivity index (χ2n) is 9.75. The van der Waals surface area contributed by atoms with Gasteiger partial charge < -0.3 is 15.0 Å². The SMILES string of the molecule is CC[C@@H](C)NC(=O)[C@H](C)N(Cc1ccccc1Cl)C(=O)CN(c1ccc(C)cc1)S(=O)(=O)c1ccc(OC)c(Br)c1. The molecule has 11 heteroatoms. The summed E-state index contributed by atoms with van der Waals surface area (Å²) in [6.07, 6.45) is 0.716. The topological polar surface area (TPSA) is 96.0 Å². The standard InChI is InChI=1S/C30H35BrClN3O5S/c1-6-21(3)33-30(37)22(4)34(18-23-9-7-8-10-27(23)32)29(36)19-35(24-13-11-20(2)12-14-24)41(38,39)25-15-16-28(40-5)26(31)17-25/h7-17,21-22H,6,18-19H2,1-5H3,(H,33,37)/t21-,22+/m1/s1. The van der Waals surface area contributed by atoms with Crippen LogP contribution in [0.4, 0.5) is 5.69 Å². The molecule has 0 heterocycles. The van der Waals surface area contributed by atoms with E-state index in [1.54, 1.807) is 55.5 Å². The summed E-state index contributed by atoms with van der Waals surface area (Å²) in [4.78, 5) is 28.5. The Morgan fingerprint density at radius 3 is 2.29 bits per heavy atom. The predicted molar refractivity (Wildman–Crippen MR) is 166 cm³/mol. The van der Waals surface area contributed by atoms with E-state index in [-0.39, 0.29) is 23.4 Å². The van der Waals surface area contributed by atoms with Crippen LogP contribution in [0.1, 0.15) is 38.3 Å². The molecule has 0 radical (unpaired) electrons. The molecule has 0 aromatic heterocycles. The molecule has 0 bridgehead atoms. The van der Waals surface area contributed by atoms with Crippen LogP contribution < -0.4 is 14.4 Å². The van der Waals surface area contributed by atoms with Crippen LogP contribution in [-0.2, 0) is 26.2 Å². The highest BCUT2D eigenvalue weighted by atomic mass is 79.9. The molecule has 3 rings (SSSR count). The van der Waals surface area contributed by atoms with Gasteiger partial charge in [-0.15, -0.1) is 0 Å². The number of methoxy groups -OCH3 is 1. The first-order chi connectivity index (χ1) is 19.4. The lowest BCUT2D eigenvalue weighted by Crippen LogP contribution is -2.52. The Morgan fingerprint density at radius 1 is 1.05 bits per heavy atom. The fourth-order valence-corrected chi connectivity index (χ4v) is 6.36. The van der Waals surface area contributed by atoms with Crippen molar-refractivity contribution >= 4 is 55.1 Å². The Kier molecular flexibility index (Phi) is 11.2. The molecule has 0 unspecified atom stereocenters. The van der Waals surface area contributed by atoms with Crippen molar-refractivity contribution in [3.63, 3.8) is 0 Å². The molecule has 3 aromatic carbocycles. The summed E-state index contributed by atoms with van der Waals surface area (Å²) in [5.41, 5.74) is 1.88. The van der Waals surface area contributed by atoms with E-state index >= 15 is 0 Å². The molecule has 220 valence electrons. The van der Waals surface area contributed by atoms with E-state index in [9.17, 15) is 18.0 Å². The first kappa shape index (κ1) is 32.4. The van der Waals surface area contributed by atoms with Crippen LogP contribution >= 0.6 is 27.5 Å². The van der Waals surface area contributed by atoms with Gasteiger partial charge in [0.2, 0.25) is 11.8 Å². The number of nitrogens with zero attached hydrogens (tertiary/aromatic N) is 2. The Bertz CT molecular complexity index is 1480. The average Bonchev–Trinajstić information content (AvgIpc) is 2.95. The van der Waals surface area contributed by atoms with Crippen molar-refractivity contribution in [3.05, 3.63) is 87.4 Å². The number of benzene rings is 3. The number of sulfonamides is 1. The molecule has 0 saturated heterocycles. The minimum Gasteiger partial charge on any atom is -0.496 e. The molecule has 1 N–H and O–H groups in total. The number of aryl methyl sites for hydroxylation is 1. The zero-order chi connectivity index (χ0) is 30.3. The number of carbonyl (C=O) groups is 2. The van der Waals surface area contributed by atoms with Gasteiger partial charge in [-0.05, 0) is 85.1 Å². The average molecular weight is 665 g/mol. The maximum atomic E-state index is 14.0. The van der Waals surface area contributed by atoms with Crippen molar-refractivity contribution in [2.24, 2.45) is 0 Å². The number of anilines is 1. The normalized spacial score (nSPS) is 12.8. The van der Waals surface area contributed by atoms with Crippen molar-refractivity contribution in [2.45, 2.75) is 57.6 Å². The van der Waals surface area contributed by atoms with E-state index in [0.717, 1.165) is 9.87 Å². The van der Waals surface area contributed by atoms with Gasteiger partial charge in [-0.2, -0.15) is 0 Å². The summed E-state index contributed by atoms with van der Waals surface area (Å²) in [6.45, 7) is 6.81. The van der Waals surface area contributed by atoms with E-state index in [1.165, 1.54) is 30.2 Å². The number of nitrogens with one attached hydrogen (secondary N) is 1. The van der Waals surface area contributed by atoms with Crippen LogP contribution in [0.25, 0.3) is 0 Å². The third-order valence-corrected chi connectivity index (χ3v) is 9.54. The summed E-state index contributed by atoms with van der Waals surface area (Å²) >= 11 is 9.77. The number of rotatable bonds is 12. The molecule has 0 aliphatic rings. The maximum Gasteiger partial charge on any atom is 0.264 e. The molecule has 0 aliphatic heterocycles. The summed E-state index contributed by atoms with van der Waals surface area (Å²) in [5.74, 6) is -0.439. The smallest absolute Gasteiger partial charge is 0.264 e. The van der Waals surface area contributed by atoms with E-state index in [0.29, 0.717) is 32.9 Å². The van der Waals surface area contributed by atoms with Crippen LogP contribution in [0.15, 0.2) is 76.1 Å². The highest BCUT2D eigenvalue weighted by molar-refractivity contribution is 9.10. The van der Waals surface area contributed by atoms with Crippen LogP contribution in [0.3, 0.4) is 0 Å².